The lowest BCUT2D eigenvalue weighted by atomic mass is 10.3. The fourth-order valence-corrected chi connectivity index (χ4v) is 1.65. The number of allylic oxidation sites excluding steroid dienone is 1. The van der Waals surface area contributed by atoms with Gasteiger partial charge in [0.1, 0.15) is 6.42 Å². The minimum atomic E-state index is -1.66. The van der Waals surface area contributed by atoms with Crippen LogP contribution in [0.15, 0.2) is 11.8 Å². The monoisotopic (exact) mass is 200 g/mol. The van der Waals surface area contributed by atoms with E-state index in [-0.39, 0.29) is 12.2 Å². The molecule has 0 aromatic carbocycles. The van der Waals surface area contributed by atoms with E-state index in [1.807, 2.05) is 19.6 Å². The Balaban J connectivity index is 4.30. The average molecular weight is 200 g/mol. The number of esters is 1. The third kappa shape index (κ3) is 4.03. The van der Waals surface area contributed by atoms with E-state index in [0.717, 1.165) is 0 Å². The molecule has 0 unspecified atom stereocenters. The van der Waals surface area contributed by atoms with Gasteiger partial charge in [0.05, 0.1) is 15.2 Å². The van der Waals surface area contributed by atoms with Crippen molar-refractivity contribution >= 4 is 19.8 Å². The highest BCUT2D eigenvalue weighted by atomic mass is 28.3. The molecule has 0 radical (unpaired) electrons. The van der Waals surface area contributed by atoms with E-state index in [4.69, 9.17) is 0 Å². The van der Waals surface area contributed by atoms with Gasteiger partial charge < -0.3 is 4.74 Å². The molecular formula is C9H16O3Si. The zero-order valence-corrected chi connectivity index (χ0v) is 9.64. The molecule has 0 rings (SSSR count). The maximum absolute atomic E-state index is 11.4. The van der Waals surface area contributed by atoms with Gasteiger partial charge in [0, 0.05) is 0 Å². The number of carbonyl (C=O) groups excluding carboxylic acids is 2. The van der Waals surface area contributed by atoms with Crippen LogP contribution in [0, 0.1) is 0 Å². The standard InChI is InChI=1S/C9H16O3Si/c1-7(13(3,4)5)8(10)6-9(11)12-2/h1,6H2,2-5H3. The first-order valence-corrected chi connectivity index (χ1v) is 7.58. The van der Waals surface area contributed by atoms with Crippen LogP contribution in [0.1, 0.15) is 6.42 Å². The van der Waals surface area contributed by atoms with Gasteiger partial charge in [-0.15, -0.1) is 0 Å². The molecule has 0 aromatic rings. The summed E-state index contributed by atoms with van der Waals surface area (Å²) in [7, 11) is -0.384. The van der Waals surface area contributed by atoms with E-state index < -0.39 is 14.0 Å². The molecule has 0 amide bonds. The molecule has 0 saturated carbocycles. The average Bonchev–Trinajstić information content (AvgIpc) is 2.01. The van der Waals surface area contributed by atoms with Crippen molar-refractivity contribution in [3.63, 3.8) is 0 Å². The van der Waals surface area contributed by atoms with Crippen LogP contribution in [0.3, 0.4) is 0 Å². The lowest BCUT2D eigenvalue weighted by Gasteiger charge is -2.17. The molecule has 13 heavy (non-hydrogen) atoms. The molecule has 4 heteroatoms. The van der Waals surface area contributed by atoms with Gasteiger partial charge in [-0.05, 0) is 5.20 Å². The van der Waals surface area contributed by atoms with E-state index in [9.17, 15) is 9.59 Å². The van der Waals surface area contributed by atoms with Gasteiger partial charge in [-0.2, -0.15) is 0 Å². The number of hydrogen-bond acceptors (Lipinski definition) is 3. The number of rotatable bonds is 4. The van der Waals surface area contributed by atoms with Crippen LogP contribution in [0.2, 0.25) is 19.6 Å². The number of Topliss-reactive ketones (excluding diaryl/α,β-unsaturated/α-hetero) is 1. The van der Waals surface area contributed by atoms with Crippen LogP contribution in [0.25, 0.3) is 0 Å². The summed E-state index contributed by atoms with van der Waals surface area (Å²) in [5.41, 5.74) is 0. The van der Waals surface area contributed by atoms with Crippen LogP contribution in [-0.2, 0) is 14.3 Å². The topological polar surface area (TPSA) is 43.4 Å². The highest BCUT2D eigenvalue weighted by Gasteiger charge is 2.25. The highest BCUT2D eigenvalue weighted by molar-refractivity contribution is 6.87. The number of ketones is 1. The van der Waals surface area contributed by atoms with Crippen LogP contribution >= 0.6 is 0 Å². The summed E-state index contributed by atoms with van der Waals surface area (Å²) in [6.45, 7) is 9.77. The second kappa shape index (κ2) is 4.37. The van der Waals surface area contributed by atoms with Crippen molar-refractivity contribution in [2.75, 3.05) is 7.11 Å². The molecule has 0 spiro atoms. The first-order valence-electron chi connectivity index (χ1n) is 4.08. The Morgan fingerprint density at radius 3 is 2.08 bits per heavy atom. The maximum atomic E-state index is 11.4. The number of methoxy groups -OCH3 is 1. The smallest absolute Gasteiger partial charge is 0.313 e. The maximum Gasteiger partial charge on any atom is 0.313 e. The van der Waals surface area contributed by atoms with Crippen molar-refractivity contribution in [2.24, 2.45) is 0 Å². The summed E-state index contributed by atoms with van der Waals surface area (Å²) in [5, 5.41) is 0.595. The zero-order valence-electron chi connectivity index (χ0n) is 8.64. The fraction of sp³-hybridized carbons (Fsp3) is 0.556. The Morgan fingerprint density at radius 2 is 1.77 bits per heavy atom. The number of carbonyl (C=O) groups is 2. The van der Waals surface area contributed by atoms with Crippen LogP contribution in [0.4, 0.5) is 0 Å². The quantitative estimate of drug-likeness (QED) is 0.299. The van der Waals surface area contributed by atoms with E-state index in [1.54, 1.807) is 0 Å². The first kappa shape index (κ1) is 12.1. The fourth-order valence-electron chi connectivity index (χ4n) is 0.728. The largest absolute Gasteiger partial charge is 0.469 e. The van der Waals surface area contributed by atoms with Crippen molar-refractivity contribution in [2.45, 2.75) is 26.1 Å². The van der Waals surface area contributed by atoms with Crippen molar-refractivity contribution in [3.8, 4) is 0 Å². The van der Waals surface area contributed by atoms with Crippen molar-refractivity contribution in [1.29, 1.82) is 0 Å². The Labute approximate surface area is 79.8 Å². The van der Waals surface area contributed by atoms with E-state index in [1.165, 1.54) is 7.11 Å². The summed E-state index contributed by atoms with van der Waals surface area (Å²) in [5.74, 6) is -0.685. The predicted molar refractivity (Wildman–Crippen MR) is 54.1 cm³/mol. The second-order valence-electron chi connectivity index (χ2n) is 3.90. The van der Waals surface area contributed by atoms with Crippen LogP contribution in [-0.4, -0.2) is 26.9 Å². The Kier molecular flexibility index (Phi) is 4.06. The van der Waals surface area contributed by atoms with Crippen molar-refractivity contribution in [1.82, 2.24) is 0 Å². The summed E-state index contributed by atoms with van der Waals surface area (Å²) in [6.07, 6.45) is -0.181. The Bertz CT molecular complexity index is 238. The molecule has 0 aliphatic carbocycles. The molecule has 0 heterocycles. The lowest BCUT2D eigenvalue weighted by molar-refractivity contribution is -0.142. The van der Waals surface area contributed by atoms with Gasteiger partial charge in [-0.1, -0.05) is 26.2 Å². The summed E-state index contributed by atoms with van der Waals surface area (Å²) in [6, 6.07) is 0. The van der Waals surface area contributed by atoms with Crippen LogP contribution in [0.5, 0.6) is 0 Å². The zero-order chi connectivity index (χ0) is 10.6. The SMILES string of the molecule is C=C(C(=O)CC(=O)OC)[Si](C)(C)C. The second-order valence-corrected chi connectivity index (χ2v) is 9.01. The van der Waals surface area contributed by atoms with Gasteiger partial charge in [0.2, 0.25) is 0 Å². The van der Waals surface area contributed by atoms with Crippen molar-refractivity contribution < 1.29 is 14.3 Å². The number of hydrogen-bond donors (Lipinski definition) is 0. The Hall–Kier alpha value is -0.903. The number of ether oxygens (including phenoxy) is 1. The minimum absolute atomic E-state index is 0.181. The Morgan fingerprint density at radius 1 is 1.31 bits per heavy atom. The van der Waals surface area contributed by atoms with Gasteiger partial charge in [0.15, 0.2) is 5.78 Å². The third-order valence-corrected chi connectivity index (χ3v) is 3.86. The van der Waals surface area contributed by atoms with Gasteiger partial charge in [-0.25, -0.2) is 0 Å². The molecule has 0 saturated heterocycles. The summed E-state index contributed by atoms with van der Waals surface area (Å²) >= 11 is 0. The van der Waals surface area contributed by atoms with E-state index in [2.05, 4.69) is 11.3 Å². The molecule has 0 N–H and O–H groups in total. The molecular weight excluding hydrogens is 184 g/mol. The lowest BCUT2D eigenvalue weighted by Crippen LogP contribution is -2.29. The summed E-state index contributed by atoms with van der Waals surface area (Å²) in [4.78, 5) is 22.2. The van der Waals surface area contributed by atoms with Gasteiger partial charge in [-0.3, -0.25) is 9.59 Å². The first-order chi connectivity index (χ1) is 5.79. The van der Waals surface area contributed by atoms with Gasteiger partial charge in [0.25, 0.3) is 0 Å². The molecule has 74 valence electrons. The molecule has 0 atom stereocenters. The van der Waals surface area contributed by atoms with Crippen LogP contribution < -0.4 is 0 Å². The van der Waals surface area contributed by atoms with E-state index >= 15 is 0 Å². The highest BCUT2D eigenvalue weighted by Crippen LogP contribution is 2.14. The normalized spacial score (nSPS) is 10.8. The van der Waals surface area contributed by atoms with Gasteiger partial charge >= 0.3 is 5.97 Å². The molecule has 0 fully saturated rings. The molecule has 3 nitrogen and oxygen atoms in total. The van der Waals surface area contributed by atoms with Crippen molar-refractivity contribution in [3.05, 3.63) is 11.8 Å². The third-order valence-electron chi connectivity index (χ3n) is 1.77. The molecule has 0 bridgehead atoms. The predicted octanol–water partition coefficient (Wildman–Crippen LogP) is 1.55. The minimum Gasteiger partial charge on any atom is -0.469 e. The van der Waals surface area contributed by atoms with E-state index in [0.29, 0.717) is 5.20 Å². The molecule has 0 aliphatic rings. The molecule has 0 aliphatic heterocycles. The summed E-state index contributed by atoms with van der Waals surface area (Å²) < 4.78 is 4.40. The molecule has 0 aromatic heterocycles.